The Morgan fingerprint density at radius 3 is 2.43 bits per heavy atom. The van der Waals surface area contributed by atoms with Gasteiger partial charge in [0.25, 0.3) is 5.69 Å². The standard InChI is InChI=1S/C16H15N3O2/c17-15(10-13-4-2-1-3-5-13)12-18-11-14-6-8-16(9-7-14)19(20)21/h1-9,11-12H,10,17H2/b15-12-,18-11?. The van der Waals surface area contributed by atoms with Crippen LogP contribution >= 0.6 is 0 Å². The van der Waals surface area contributed by atoms with Crippen LogP contribution in [-0.2, 0) is 6.42 Å². The number of non-ortho nitro benzene ring substituents is 1. The average molecular weight is 281 g/mol. The van der Waals surface area contributed by atoms with Crippen molar-refractivity contribution in [1.82, 2.24) is 0 Å². The summed E-state index contributed by atoms with van der Waals surface area (Å²) in [5.41, 5.74) is 8.51. The van der Waals surface area contributed by atoms with Crippen LogP contribution < -0.4 is 5.73 Å². The molecule has 0 saturated carbocycles. The van der Waals surface area contributed by atoms with Crippen LogP contribution in [0.4, 0.5) is 5.69 Å². The minimum absolute atomic E-state index is 0.0614. The molecule has 0 amide bonds. The molecule has 0 spiro atoms. The highest BCUT2D eigenvalue weighted by Gasteiger charge is 2.02. The Morgan fingerprint density at radius 2 is 1.81 bits per heavy atom. The summed E-state index contributed by atoms with van der Waals surface area (Å²) in [5.74, 6) is 0. The van der Waals surface area contributed by atoms with Crippen molar-refractivity contribution in [3.63, 3.8) is 0 Å². The average Bonchev–Trinajstić information content (AvgIpc) is 2.49. The SMILES string of the molecule is N/C(=C\N=Cc1ccc([N+](=O)[O-])cc1)Cc1ccccc1. The van der Waals surface area contributed by atoms with Gasteiger partial charge in [-0.3, -0.25) is 15.1 Å². The zero-order valence-corrected chi connectivity index (χ0v) is 11.3. The number of rotatable bonds is 5. The van der Waals surface area contributed by atoms with E-state index in [1.54, 1.807) is 24.5 Å². The van der Waals surface area contributed by atoms with Crippen LogP contribution in [-0.4, -0.2) is 11.1 Å². The summed E-state index contributed by atoms with van der Waals surface area (Å²) >= 11 is 0. The van der Waals surface area contributed by atoms with Crippen LogP contribution in [0.5, 0.6) is 0 Å². The molecule has 0 aliphatic rings. The second-order valence-electron chi connectivity index (χ2n) is 4.49. The molecule has 5 heteroatoms. The van der Waals surface area contributed by atoms with E-state index in [4.69, 9.17) is 5.73 Å². The number of nitro groups is 1. The van der Waals surface area contributed by atoms with Crippen molar-refractivity contribution in [3.8, 4) is 0 Å². The molecule has 0 unspecified atom stereocenters. The van der Waals surface area contributed by atoms with Crippen LogP contribution in [0.25, 0.3) is 0 Å². The zero-order valence-electron chi connectivity index (χ0n) is 11.3. The highest BCUT2D eigenvalue weighted by Crippen LogP contribution is 2.10. The van der Waals surface area contributed by atoms with Crippen LogP contribution in [0.3, 0.4) is 0 Å². The molecule has 0 atom stereocenters. The molecule has 0 radical (unpaired) electrons. The second-order valence-corrected chi connectivity index (χ2v) is 4.49. The number of benzene rings is 2. The van der Waals surface area contributed by atoms with Crippen LogP contribution in [0, 0.1) is 10.1 Å². The normalized spacial score (nSPS) is 11.7. The lowest BCUT2D eigenvalue weighted by Crippen LogP contribution is -2.00. The number of aliphatic imine (C=N–C) groups is 1. The van der Waals surface area contributed by atoms with Crippen molar-refractivity contribution < 1.29 is 4.92 Å². The summed E-state index contributed by atoms with van der Waals surface area (Å²) in [6.45, 7) is 0. The predicted molar refractivity (Wildman–Crippen MR) is 83.1 cm³/mol. The van der Waals surface area contributed by atoms with Gasteiger partial charge in [-0.05, 0) is 23.3 Å². The zero-order chi connectivity index (χ0) is 15.1. The molecule has 106 valence electrons. The first kappa shape index (κ1) is 14.5. The molecule has 0 saturated heterocycles. The summed E-state index contributed by atoms with van der Waals surface area (Å²) in [5, 5.41) is 10.5. The topological polar surface area (TPSA) is 81.5 Å². The van der Waals surface area contributed by atoms with Crippen molar-refractivity contribution in [1.29, 1.82) is 0 Å². The van der Waals surface area contributed by atoms with Crippen LogP contribution in [0.1, 0.15) is 11.1 Å². The van der Waals surface area contributed by atoms with E-state index in [1.165, 1.54) is 12.1 Å². The molecule has 5 nitrogen and oxygen atoms in total. The van der Waals surface area contributed by atoms with E-state index in [-0.39, 0.29) is 5.69 Å². The van der Waals surface area contributed by atoms with Gasteiger partial charge >= 0.3 is 0 Å². The molecule has 0 aliphatic heterocycles. The van der Waals surface area contributed by atoms with E-state index in [0.29, 0.717) is 12.1 Å². The minimum Gasteiger partial charge on any atom is -0.401 e. The first-order chi connectivity index (χ1) is 10.1. The van der Waals surface area contributed by atoms with Crippen LogP contribution in [0.2, 0.25) is 0 Å². The number of nitrogens with two attached hydrogens (primary N) is 1. The molecule has 21 heavy (non-hydrogen) atoms. The molecule has 2 rings (SSSR count). The Bertz CT molecular complexity index is 662. The van der Waals surface area contributed by atoms with E-state index in [9.17, 15) is 10.1 Å². The van der Waals surface area contributed by atoms with Crippen molar-refractivity contribution in [2.75, 3.05) is 0 Å². The van der Waals surface area contributed by atoms with E-state index in [1.807, 2.05) is 30.3 Å². The van der Waals surface area contributed by atoms with Gasteiger partial charge in [0.15, 0.2) is 0 Å². The summed E-state index contributed by atoms with van der Waals surface area (Å²) < 4.78 is 0. The smallest absolute Gasteiger partial charge is 0.269 e. The lowest BCUT2D eigenvalue weighted by atomic mass is 10.1. The first-order valence-corrected chi connectivity index (χ1v) is 6.41. The van der Waals surface area contributed by atoms with Crippen LogP contribution in [0.15, 0.2) is 71.5 Å². The third-order valence-electron chi connectivity index (χ3n) is 2.82. The number of nitrogens with zero attached hydrogens (tertiary/aromatic N) is 2. The molecule has 0 fully saturated rings. The predicted octanol–water partition coefficient (Wildman–Crippen LogP) is 3.06. The Morgan fingerprint density at radius 1 is 1.14 bits per heavy atom. The second kappa shape index (κ2) is 7.00. The van der Waals surface area contributed by atoms with Gasteiger partial charge in [0.1, 0.15) is 0 Å². The Kier molecular flexibility index (Phi) is 4.82. The maximum atomic E-state index is 10.5. The molecule has 0 heterocycles. The summed E-state index contributed by atoms with van der Waals surface area (Å²) in [6.07, 6.45) is 3.84. The van der Waals surface area contributed by atoms with Gasteiger partial charge < -0.3 is 5.73 Å². The summed E-state index contributed by atoms with van der Waals surface area (Å²) in [7, 11) is 0. The number of allylic oxidation sites excluding steroid dienone is 1. The third kappa shape index (κ3) is 4.58. The maximum absolute atomic E-state index is 10.5. The van der Waals surface area contributed by atoms with E-state index in [2.05, 4.69) is 4.99 Å². The van der Waals surface area contributed by atoms with Gasteiger partial charge in [0.05, 0.1) is 4.92 Å². The monoisotopic (exact) mass is 281 g/mol. The summed E-state index contributed by atoms with van der Waals surface area (Å²) in [4.78, 5) is 14.2. The van der Waals surface area contributed by atoms with Gasteiger partial charge in [-0.25, -0.2) is 0 Å². The minimum atomic E-state index is -0.432. The highest BCUT2D eigenvalue weighted by molar-refractivity contribution is 5.80. The molecule has 2 aromatic rings. The van der Waals surface area contributed by atoms with Crippen molar-refractivity contribution in [2.24, 2.45) is 10.7 Å². The molecular weight excluding hydrogens is 266 g/mol. The number of hydrogen-bond acceptors (Lipinski definition) is 4. The van der Waals surface area contributed by atoms with E-state index in [0.717, 1.165) is 11.1 Å². The van der Waals surface area contributed by atoms with E-state index < -0.39 is 4.92 Å². The summed E-state index contributed by atoms with van der Waals surface area (Å²) in [6, 6.07) is 16.0. The fourth-order valence-corrected chi connectivity index (χ4v) is 1.78. The number of hydrogen-bond donors (Lipinski definition) is 1. The first-order valence-electron chi connectivity index (χ1n) is 6.41. The fourth-order valence-electron chi connectivity index (χ4n) is 1.78. The molecular formula is C16H15N3O2. The van der Waals surface area contributed by atoms with Crippen molar-refractivity contribution in [2.45, 2.75) is 6.42 Å². The Hall–Kier alpha value is -2.95. The van der Waals surface area contributed by atoms with Crippen molar-refractivity contribution in [3.05, 3.63) is 87.7 Å². The molecule has 0 aliphatic carbocycles. The lowest BCUT2D eigenvalue weighted by molar-refractivity contribution is -0.384. The Balaban J connectivity index is 1.97. The number of nitro benzene ring substituents is 1. The maximum Gasteiger partial charge on any atom is 0.269 e. The van der Waals surface area contributed by atoms with Gasteiger partial charge in [-0.2, -0.15) is 0 Å². The molecule has 2 aromatic carbocycles. The molecule has 2 N–H and O–H groups in total. The largest absolute Gasteiger partial charge is 0.401 e. The van der Waals surface area contributed by atoms with Gasteiger partial charge in [0.2, 0.25) is 0 Å². The quantitative estimate of drug-likeness (QED) is 0.519. The fraction of sp³-hybridized carbons (Fsp3) is 0.0625. The third-order valence-corrected chi connectivity index (χ3v) is 2.82. The van der Waals surface area contributed by atoms with Gasteiger partial charge in [-0.1, -0.05) is 30.3 Å². The molecule has 0 aromatic heterocycles. The highest BCUT2D eigenvalue weighted by atomic mass is 16.6. The molecule has 0 bridgehead atoms. The van der Waals surface area contributed by atoms with Gasteiger partial charge in [-0.15, -0.1) is 0 Å². The van der Waals surface area contributed by atoms with Gasteiger partial charge in [0, 0.05) is 36.7 Å². The Labute approximate surface area is 122 Å². The van der Waals surface area contributed by atoms with Crippen molar-refractivity contribution >= 4 is 11.9 Å². The van der Waals surface area contributed by atoms with E-state index >= 15 is 0 Å². The lowest BCUT2D eigenvalue weighted by Gasteiger charge is -1.99.